The lowest BCUT2D eigenvalue weighted by Gasteiger charge is -2.17. The molecule has 36 heavy (non-hydrogen) atoms. The second-order valence-corrected chi connectivity index (χ2v) is 8.78. The van der Waals surface area contributed by atoms with Crippen LogP contribution in [-0.2, 0) is 6.54 Å². The smallest absolute Gasteiger partial charge is 0.248 e. The molecule has 0 spiro atoms. The molecule has 0 bridgehead atoms. The number of nitrogens with zero attached hydrogens (tertiary/aromatic N) is 4. The summed E-state index contributed by atoms with van der Waals surface area (Å²) in [4.78, 5) is 22.8. The van der Waals surface area contributed by atoms with Crippen molar-refractivity contribution in [2.75, 3.05) is 13.6 Å². The van der Waals surface area contributed by atoms with Crippen molar-refractivity contribution in [2.24, 2.45) is 5.73 Å². The van der Waals surface area contributed by atoms with Crippen LogP contribution in [0, 0.1) is 0 Å². The molecule has 0 aliphatic carbocycles. The lowest BCUT2D eigenvalue weighted by molar-refractivity contribution is 0.1000. The predicted octanol–water partition coefficient (Wildman–Crippen LogP) is 5.01. The quantitative estimate of drug-likeness (QED) is 0.343. The average Bonchev–Trinajstić information content (AvgIpc) is 3.35. The molecule has 0 unspecified atom stereocenters. The fourth-order valence-corrected chi connectivity index (χ4v) is 4.36. The molecular formula is C29H27N5O2. The van der Waals surface area contributed by atoms with Crippen LogP contribution >= 0.6 is 0 Å². The number of nitrogens with two attached hydrogens (primary N) is 1. The van der Waals surface area contributed by atoms with Crippen LogP contribution in [0.5, 0.6) is 5.75 Å². The van der Waals surface area contributed by atoms with Gasteiger partial charge in [0.25, 0.3) is 0 Å². The Morgan fingerprint density at radius 2 is 1.75 bits per heavy atom. The van der Waals surface area contributed by atoms with Crippen molar-refractivity contribution in [3.05, 3.63) is 96.4 Å². The zero-order valence-corrected chi connectivity index (χ0v) is 20.2. The molecule has 2 aromatic heterocycles. The van der Waals surface area contributed by atoms with Gasteiger partial charge in [-0.3, -0.25) is 9.36 Å². The minimum absolute atomic E-state index is 0.0206. The van der Waals surface area contributed by atoms with E-state index in [0.717, 1.165) is 24.2 Å². The van der Waals surface area contributed by atoms with Gasteiger partial charge >= 0.3 is 0 Å². The van der Waals surface area contributed by atoms with Crippen molar-refractivity contribution in [1.29, 1.82) is 0 Å². The van der Waals surface area contributed by atoms with E-state index in [0.29, 0.717) is 28.0 Å². The van der Waals surface area contributed by atoms with E-state index in [1.807, 2.05) is 24.3 Å². The topological polar surface area (TPSA) is 97.3 Å². The van der Waals surface area contributed by atoms with Crippen LogP contribution in [0.3, 0.4) is 0 Å². The van der Waals surface area contributed by atoms with E-state index in [2.05, 4.69) is 59.2 Å². The number of aromatic hydroxyl groups is 1. The summed E-state index contributed by atoms with van der Waals surface area (Å²) < 4.78 is 1.73. The molecule has 5 aromatic rings. The fourth-order valence-electron chi connectivity index (χ4n) is 4.36. The minimum Gasteiger partial charge on any atom is -0.504 e. The van der Waals surface area contributed by atoms with Crippen LogP contribution < -0.4 is 5.73 Å². The first kappa shape index (κ1) is 23.3. The van der Waals surface area contributed by atoms with Crippen LogP contribution in [-0.4, -0.2) is 44.0 Å². The molecule has 1 amide bonds. The number of carbonyl (C=O) groups is 1. The molecule has 0 aliphatic rings. The maximum absolute atomic E-state index is 11.6. The van der Waals surface area contributed by atoms with E-state index in [1.54, 1.807) is 35.3 Å². The number of aromatic nitrogens is 3. The Morgan fingerprint density at radius 1 is 1.00 bits per heavy atom. The van der Waals surface area contributed by atoms with E-state index < -0.39 is 5.91 Å². The second-order valence-electron chi connectivity index (χ2n) is 8.78. The van der Waals surface area contributed by atoms with E-state index in [-0.39, 0.29) is 5.75 Å². The van der Waals surface area contributed by atoms with Gasteiger partial charge in [-0.15, -0.1) is 0 Å². The first-order chi connectivity index (χ1) is 17.5. The molecule has 7 nitrogen and oxygen atoms in total. The lowest BCUT2D eigenvalue weighted by Crippen LogP contribution is -2.17. The van der Waals surface area contributed by atoms with Gasteiger partial charge in [-0.25, -0.2) is 9.97 Å². The lowest BCUT2D eigenvalue weighted by atomic mass is 9.97. The molecule has 3 N–H and O–H groups in total. The Morgan fingerprint density at radius 3 is 2.50 bits per heavy atom. The normalized spacial score (nSPS) is 11.3. The largest absolute Gasteiger partial charge is 0.504 e. The van der Waals surface area contributed by atoms with Gasteiger partial charge in [0.15, 0.2) is 5.75 Å². The van der Waals surface area contributed by atoms with E-state index >= 15 is 0 Å². The number of pyridine rings is 1. The van der Waals surface area contributed by atoms with Crippen LogP contribution in [0.25, 0.3) is 39.1 Å². The summed E-state index contributed by atoms with van der Waals surface area (Å²) in [6.45, 7) is 3.99. The van der Waals surface area contributed by atoms with Gasteiger partial charge in [-0.1, -0.05) is 61.5 Å². The van der Waals surface area contributed by atoms with Gasteiger partial charge in [-0.2, -0.15) is 0 Å². The number of primary amides is 1. The molecule has 180 valence electrons. The summed E-state index contributed by atoms with van der Waals surface area (Å²) in [5, 5.41) is 11.2. The van der Waals surface area contributed by atoms with Crippen molar-refractivity contribution in [3.63, 3.8) is 0 Å². The molecular weight excluding hydrogens is 450 g/mol. The van der Waals surface area contributed by atoms with E-state index in [4.69, 9.17) is 5.73 Å². The van der Waals surface area contributed by atoms with Crippen LogP contribution in [0.1, 0.15) is 22.8 Å². The molecule has 0 radical (unpaired) electrons. The Hall–Kier alpha value is -4.49. The van der Waals surface area contributed by atoms with Gasteiger partial charge in [0.2, 0.25) is 5.91 Å². The number of hydrogen-bond acceptors (Lipinski definition) is 5. The zero-order chi connectivity index (χ0) is 25.2. The van der Waals surface area contributed by atoms with Crippen LogP contribution in [0.2, 0.25) is 0 Å². The molecule has 5 rings (SSSR count). The number of fused-ring (bicyclic) bond motifs is 1. The highest BCUT2D eigenvalue weighted by Crippen LogP contribution is 2.36. The maximum Gasteiger partial charge on any atom is 0.248 e. The standard InChI is InChI=1S/C29H27N5O2/c1-3-33(2)17-22-7-4-5-10-24(22)19-11-13-20(14-12-19)26-28(35)27-25(16-31-26)32-18-34(27)23-9-6-8-21(15-23)29(30)36/h4-16,18,35H,3,17H2,1-2H3,(H2,30,36). The number of imidazole rings is 1. The molecule has 3 aromatic carbocycles. The molecule has 0 fully saturated rings. The van der Waals surface area contributed by atoms with Gasteiger partial charge in [0.05, 0.1) is 6.20 Å². The highest BCUT2D eigenvalue weighted by Gasteiger charge is 2.17. The third-order valence-electron chi connectivity index (χ3n) is 6.44. The maximum atomic E-state index is 11.6. The first-order valence-corrected chi connectivity index (χ1v) is 11.8. The molecule has 2 heterocycles. The third kappa shape index (κ3) is 4.32. The predicted molar refractivity (Wildman–Crippen MR) is 142 cm³/mol. The number of hydrogen-bond donors (Lipinski definition) is 2. The number of rotatable bonds is 7. The van der Waals surface area contributed by atoms with Crippen molar-refractivity contribution < 1.29 is 9.90 Å². The molecule has 7 heteroatoms. The van der Waals surface area contributed by atoms with Crippen molar-refractivity contribution in [3.8, 4) is 33.8 Å². The summed E-state index contributed by atoms with van der Waals surface area (Å²) in [7, 11) is 2.11. The number of carbonyl (C=O) groups excluding carboxylic acids is 1. The zero-order valence-electron chi connectivity index (χ0n) is 20.2. The Kier molecular flexibility index (Phi) is 6.23. The summed E-state index contributed by atoms with van der Waals surface area (Å²) >= 11 is 0. The van der Waals surface area contributed by atoms with Gasteiger partial charge in [0.1, 0.15) is 23.1 Å². The summed E-state index contributed by atoms with van der Waals surface area (Å²) in [5.74, 6) is -0.497. The monoisotopic (exact) mass is 477 g/mol. The van der Waals surface area contributed by atoms with Gasteiger partial charge in [-0.05, 0) is 48.5 Å². The van der Waals surface area contributed by atoms with Crippen molar-refractivity contribution in [2.45, 2.75) is 13.5 Å². The Labute approximate surface area is 209 Å². The number of amides is 1. The Balaban J connectivity index is 1.54. The molecule has 0 aliphatic heterocycles. The van der Waals surface area contributed by atoms with Gasteiger partial charge < -0.3 is 15.7 Å². The number of benzene rings is 3. The summed E-state index contributed by atoms with van der Waals surface area (Å²) in [6, 6.07) is 23.4. The average molecular weight is 478 g/mol. The highest BCUT2D eigenvalue weighted by atomic mass is 16.3. The SMILES string of the molecule is CCN(C)Cc1ccccc1-c1ccc(-c2ncc3ncn(-c4cccc(C(N)=O)c4)c3c2O)cc1. The van der Waals surface area contributed by atoms with E-state index in [1.165, 1.54) is 11.1 Å². The van der Waals surface area contributed by atoms with Gasteiger partial charge in [0, 0.05) is 23.4 Å². The molecule has 0 atom stereocenters. The van der Waals surface area contributed by atoms with Crippen molar-refractivity contribution >= 4 is 16.9 Å². The van der Waals surface area contributed by atoms with E-state index in [9.17, 15) is 9.90 Å². The fraction of sp³-hybridized carbons (Fsp3) is 0.138. The second kappa shape index (κ2) is 9.64. The summed E-state index contributed by atoms with van der Waals surface area (Å²) in [5.41, 5.74) is 12.4. The third-order valence-corrected chi connectivity index (χ3v) is 6.44. The first-order valence-electron chi connectivity index (χ1n) is 11.8. The molecule has 0 saturated heterocycles. The van der Waals surface area contributed by atoms with Crippen LogP contribution in [0.15, 0.2) is 85.3 Å². The van der Waals surface area contributed by atoms with Crippen molar-refractivity contribution in [1.82, 2.24) is 19.4 Å². The minimum atomic E-state index is -0.518. The summed E-state index contributed by atoms with van der Waals surface area (Å²) in [6.07, 6.45) is 3.24. The highest BCUT2D eigenvalue weighted by molar-refractivity contribution is 5.94. The molecule has 0 saturated carbocycles. The van der Waals surface area contributed by atoms with Crippen LogP contribution in [0.4, 0.5) is 0 Å². The Bertz CT molecular complexity index is 1560.